The van der Waals surface area contributed by atoms with Crippen molar-refractivity contribution in [1.82, 2.24) is 10.6 Å². The normalized spacial score (nSPS) is 11.3. The predicted molar refractivity (Wildman–Crippen MR) is 97.1 cm³/mol. The SMILES string of the molecule is CN=C(NCc1ccccc1)NCc1ccc(F)cc1CSC. The smallest absolute Gasteiger partial charge is 0.191 e. The van der Waals surface area contributed by atoms with Gasteiger partial charge in [-0.15, -0.1) is 0 Å². The van der Waals surface area contributed by atoms with Crippen molar-refractivity contribution in [2.24, 2.45) is 4.99 Å². The molecular weight excluding hydrogens is 309 g/mol. The first-order valence-electron chi connectivity index (χ1n) is 7.47. The number of hydrogen-bond donors (Lipinski definition) is 2. The van der Waals surface area contributed by atoms with Crippen molar-refractivity contribution in [1.29, 1.82) is 0 Å². The molecule has 2 rings (SSSR count). The second-order valence-electron chi connectivity index (χ2n) is 5.11. The van der Waals surface area contributed by atoms with E-state index in [-0.39, 0.29) is 5.82 Å². The lowest BCUT2D eigenvalue weighted by Gasteiger charge is -2.14. The van der Waals surface area contributed by atoms with E-state index in [1.807, 2.05) is 30.5 Å². The van der Waals surface area contributed by atoms with Gasteiger partial charge in [0.2, 0.25) is 0 Å². The first kappa shape index (κ1) is 17.3. The maximum absolute atomic E-state index is 13.4. The van der Waals surface area contributed by atoms with E-state index in [1.54, 1.807) is 24.9 Å². The highest BCUT2D eigenvalue weighted by Gasteiger charge is 2.05. The van der Waals surface area contributed by atoms with Gasteiger partial charge in [-0.05, 0) is 35.1 Å². The van der Waals surface area contributed by atoms with Crippen LogP contribution in [-0.4, -0.2) is 19.3 Å². The molecule has 0 aromatic heterocycles. The summed E-state index contributed by atoms with van der Waals surface area (Å²) >= 11 is 1.68. The molecule has 0 radical (unpaired) electrons. The molecule has 0 saturated carbocycles. The Morgan fingerprint density at radius 3 is 2.48 bits per heavy atom. The summed E-state index contributed by atoms with van der Waals surface area (Å²) in [5.41, 5.74) is 3.30. The van der Waals surface area contributed by atoms with Crippen molar-refractivity contribution in [3.63, 3.8) is 0 Å². The Bertz CT molecular complexity index is 644. The number of thioether (sulfide) groups is 1. The van der Waals surface area contributed by atoms with Crippen molar-refractivity contribution < 1.29 is 4.39 Å². The monoisotopic (exact) mass is 331 g/mol. The zero-order valence-electron chi connectivity index (χ0n) is 13.5. The van der Waals surface area contributed by atoms with Gasteiger partial charge in [-0.25, -0.2) is 4.39 Å². The van der Waals surface area contributed by atoms with E-state index in [2.05, 4.69) is 27.8 Å². The highest BCUT2D eigenvalue weighted by Crippen LogP contribution is 2.16. The van der Waals surface area contributed by atoms with Crippen LogP contribution in [0.5, 0.6) is 0 Å². The van der Waals surface area contributed by atoms with Crippen LogP contribution in [0.15, 0.2) is 53.5 Å². The molecule has 0 aliphatic carbocycles. The third-order valence-corrected chi connectivity index (χ3v) is 4.04. The molecule has 0 fully saturated rings. The van der Waals surface area contributed by atoms with Crippen LogP contribution in [-0.2, 0) is 18.8 Å². The van der Waals surface area contributed by atoms with Gasteiger partial charge in [0.25, 0.3) is 0 Å². The second-order valence-corrected chi connectivity index (χ2v) is 5.98. The van der Waals surface area contributed by atoms with Gasteiger partial charge in [0.1, 0.15) is 5.82 Å². The zero-order chi connectivity index (χ0) is 16.5. The summed E-state index contributed by atoms with van der Waals surface area (Å²) in [4.78, 5) is 4.23. The fourth-order valence-corrected chi connectivity index (χ4v) is 2.82. The van der Waals surface area contributed by atoms with Gasteiger partial charge < -0.3 is 10.6 Å². The largest absolute Gasteiger partial charge is 0.352 e. The summed E-state index contributed by atoms with van der Waals surface area (Å²) in [6, 6.07) is 15.1. The van der Waals surface area contributed by atoms with Crippen molar-refractivity contribution >= 4 is 17.7 Å². The van der Waals surface area contributed by atoms with Crippen LogP contribution in [0.3, 0.4) is 0 Å². The van der Waals surface area contributed by atoms with Crippen molar-refractivity contribution in [3.05, 3.63) is 71.0 Å². The molecular formula is C18H22FN3S. The van der Waals surface area contributed by atoms with Gasteiger partial charge in [0, 0.05) is 25.9 Å². The molecule has 0 bridgehead atoms. The zero-order valence-corrected chi connectivity index (χ0v) is 14.3. The van der Waals surface area contributed by atoms with E-state index in [1.165, 1.54) is 11.6 Å². The maximum atomic E-state index is 13.4. The lowest BCUT2D eigenvalue weighted by molar-refractivity contribution is 0.625. The maximum Gasteiger partial charge on any atom is 0.191 e. The quantitative estimate of drug-likeness (QED) is 0.628. The topological polar surface area (TPSA) is 36.4 Å². The van der Waals surface area contributed by atoms with Gasteiger partial charge >= 0.3 is 0 Å². The minimum absolute atomic E-state index is 0.190. The number of rotatable bonds is 6. The van der Waals surface area contributed by atoms with Crippen LogP contribution >= 0.6 is 11.8 Å². The van der Waals surface area contributed by atoms with E-state index in [0.717, 1.165) is 22.8 Å². The molecule has 0 atom stereocenters. The Morgan fingerprint density at radius 2 is 1.78 bits per heavy atom. The van der Waals surface area contributed by atoms with E-state index < -0.39 is 0 Å². The van der Waals surface area contributed by atoms with Crippen molar-refractivity contribution in [2.45, 2.75) is 18.8 Å². The highest BCUT2D eigenvalue weighted by atomic mass is 32.2. The molecule has 3 nitrogen and oxygen atoms in total. The molecule has 2 aromatic rings. The van der Waals surface area contributed by atoms with Crippen LogP contribution in [0.25, 0.3) is 0 Å². The fraction of sp³-hybridized carbons (Fsp3) is 0.278. The molecule has 122 valence electrons. The fourth-order valence-electron chi connectivity index (χ4n) is 2.24. The minimum atomic E-state index is -0.190. The molecule has 0 spiro atoms. The van der Waals surface area contributed by atoms with Gasteiger partial charge in [0.05, 0.1) is 0 Å². The molecule has 0 heterocycles. The van der Waals surface area contributed by atoms with Crippen LogP contribution in [0.4, 0.5) is 4.39 Å². The molecule has 0 saturated heterocycles. The average Bonchev–Trinajstić information content (AvgIpc) is 2.58. The third-order valence-electron chi connectivity index (χ3n) is 3.44. The molecule has 0 amide bonds. The number of guanidine groups is 1. The molecule has 5 heteroatoms. The molecule has 2 N–H and O–H groups in total. The van der Waals surface area contributed by atoms with E-state index in [9.17, 15) is 4.39 Å². The number of nitrogens with one attached hydrogen (secondary N) is 2. The van der Waals surface area contributed by atoms with Crippen molar-refractivity contribution in [3.8, 4) is 0 Å². The third kappa shape index (κ3) is 5.60. The number of hydrogen-bond acceptors (Lipinski definition) is 2. The van der Waals surface area contributed by atoms with Crippen LogP contribution in [0.2, 0.25) is 0 Å². The average molecular weight is 331 g/mol. The number of benzene rings is 2. The number of aliphatic imine (C=N–C) groups is 1. The second kappa shape index (κ2) is 9.20. The molecule has 0 aliphatic heterocycles. The summed E-state index contributed by atoms with van der Waals surface area (Å²) in [5, 5.41) is 6.56. The first-order valence-corrected chi connectivity index (χ1v) is 8.87. The minimum Gasteiger partial charge on any atom is -0.352 e. The van der Waals surface area contributed by atoms with E-state index >= 15 is 0 Å². The van der Waals surface area contributed by atoms with Gasteiger partial charge in [-0.3, -0.25) is 4.99 Å². The van der Waals surface area contributed by atoms with Crippen molar-refractivity contribution in [2.75, 3.05) is 13.3 Å². The highest BCUT2D eigenvalue weighted by molar-refractivity contribution is 7.97. The Balaban J connectivity index is 1.93. The lowest BCUT2D eigenvalue weighted by atomic mass is 10.1. The Morgan fingerprint density at radius 1 is 1.04 bits per heavy atom. The predicted octanol–water partition coefficient (Wildman–Crippen LogP) is 3.55. The standard InChI is InChI=1S/C18H22FN3S/c1-20-18(21-11-14-6-4-3-5-7-14)22-12-15-8-9-17(19)10-16(15)13-23-2/h3-10H,11-13H2,1-2H3,(H2,20,21,22). The van der Waals surface area contributed by atoms with E-state index in [4.69, 9.17) is 0 Å². The first-order chi connectivity index (χ1) is 11.2. The van der Waals surface area contributed by atoms with Crippen LogP contribution in [0.1, 0.15) is 16.7 Å². The molecule has 23 heavy (non-hydrogen) atoms. The summed E-state index contributed by atoms with van der Waals surface area (Å²) in [6.07, 6.45) is 2.02. The summed E-state index contributed by atoms with van der Waals surface area (Å²) in [7, 11) is 1.74. The summed E-state index contributed by atoms with van der Waals surface area (Å²) in [5.74, 6) is 1.34. The molecule has 0 aliphatic rings. The number of nitrogens with zero attached hydrogens (tertiary/aromatic N) is 1. The molecule has 2 aromatic carbocycles. The number of halogens is 1. The van der Waals surface area contributed by atoms with Crippen LogP contribution in [0, 0.1) is 5.82 Å². The molecule has 0 unspecified atom stereocenters. The summed E-state index contributed by atoms with van der Waals surface area (Å²) < 4.78 is 13.4. The van der Waals surface area contributed by atoms with Gasteiger partial charge in [-0.2, -0.15) is 11.8 Å². The van der Waals surface area contributed by atoms with Crippen LogP contribution < -0.4 is 10.6 Å². The summed E-state index contributed by atoms with van der Waals surface area (Å²) in [6.45, 7) is 1.33. The Hall–Kier alpha value is -2.01. The van der Waals surface area contributed by atoms with E-state index in [0.29, 0.717) is 13.1 Å². The Kier molecular flexibility index (Phi) is 6.94. The Labute approximate surface area is 141 Å². The van der Waals surface area contributed by atoms with Gasteiger partial charge in [0.15, 0.2) is 5.96 Å². The lowest BCUT2D eigenvalue weighted by Crippen LogP contribution is -2.36. The van der Waals surface area contributed by atoms with Gasteiger partial charge in [-0.1, -0.05) is 36.4 Å².